The van der Waals surface area contributed by atoms with E-state index >= 15 is 0 Å². The van der Waals surface area contributed by atoms with Crippen LogP contribution in [0.3, 0.4) is 0 Å². The zero-order chi connectivity index (χ0) is 13.9. The first kappa shape index (κ1) is 14.0. The molecule has 2 rings (SSSR count). The number of aldehydes is 1. The average Bonchev–Trinajstić information content (AvgIpc) is 2.85. The lowest BCUT2D eigenvalue weighted by atomic mass is 10.1. The molecule has 0 radical (unpaired) electrons. The van der Waals surface area contributed by atoms with Crippen LogP contribution >= 0.6 is 0 Å². The van der Waals surface area contributed by atoms with Crippen molar-refractivity contribution in [3.63, 3.8) is 0 Å². The summed E-state index contributed by atoms with van der Waals surface area (Å²) in [6.45, 7) is 6.30. The van der Waals surface area contributed by atoms with E-state index in [2.05, 4.69) is 10.2 Å². The molecule has 0 spiro atoms. The SMILES string of the molecule is CC(C)(C=O)Nc1ccc(CN2CCCC2)c(F)c1. The number of nitrogens with zero attached hydrogens (tertiary/aromatic N) is 1. The molecular formula is C15H21FN2O. The highest BCUT2D eigenvalue weighted by Gasteiger charge is 2.17. The molecule has 1 aromatic rings. The van der Waals surface area contributed by atoms with Gasteiger partial charge < -0.3 is 10.1 Å². The Bertz CT molecular complexity index is 453. The highest BCUT2D eigenvalue weighted by Crippen LogP contribution is 2.20. The fourth-order valence-corrected chi connectivity index (χ4v) is 2.34. The predicted octanol–water partition coefficient (Wildman–Crippen LogP) is 2.81. The maximum absolute atomic E-state index is 14.0. The standard InChI is InChI=1S/C15H21FN2O/c1-15(2,11-19)17-13-6-5-12(14(16)9-13)10-18-7-3-4-8-18/h5-6,9,11,17H,3-4,7-8,10H2,1-2H3. The maximum atomic E-state index is 14.0. The van der Waals surface area contributed by atoms with Crippen LogP contribution in [0.4, 0.5) is 10.1 Å². The zero-order valence-electron chi connectivity index (χ0n) is 11.6. The molecule has 0 unspecified atom stereocenters. The van der Waals surface area contributed by atoms with Gasteiger partial charge in [-0.05, 0) is 51.9 Å². The molecule has 0 aromatic heterocycles. The first-order chi connectivity index (χ1) is 9.00. The largest absolute Gasteiger partial charge is 0.373 e. The van der Waals surface area contributed by atoms with Gasteiger partial charge in [-0.25, -0.2) is 4.39 Å². The predicted molar refractivity (Wildman–Crippen MR) is 74.7 cm³/mol. The van der Waals surface area contributed by atoms with Crippen molar-refractivity contribution in [1.82, 2.24) is 4.90 Å². The van der Waals surface area contributed by atoms with Crippen molar-refractivity contribution in [2.75, 3.05) is 18.4 Å². The first-order valence-corrected chi connectivity index (χ1v) is 6.75. The number of rotatable bonds is 5. The van der Waals surface area contributed by atoms with Crippen molar-refractivity contribution in [3.8, 4) is 0 Å². The zero-order valence-corrected chi connectivity index (χ0v) is 11.6. The lowest BCUT2D eigenvalue weighted by Crippen LogP contribution is -2.32. The molecule has 19 heavy (non-hydrogen) atoms. The van der Waals surface area contributed by atoms with Gasteiger partial charge in [0.05, 0.1) is 5.54 Å². The highest BCUT2D eigenvalue weighted by atomic mass is 19.1. The van der Waals surface area contributed by atoms with Crippen LogP contribution in [0.1, 0.15) is 32.3 Å². The van der Waals surface area contributed by atoms with Gasteiger partial charge in [0.2, 0.25) is 0 Å². The molecule has 104 valence electrons. The number of carbonyl (C=O) groups excluding carboxylic acids is 1. The molecule has 1 aliphatic heterocycles. The van der Waals surface area contributed by atoms with Crippen LogP contribution in [0.5, 0.6) is 0 Å². The minimum absolute atomic E-state index is 0.210. The third-order valence-electron chi connectivity index (χ3n) is 3.41. The maximum Gasteiger partial charge on any atom is 0.144 e. The fraction of sp³-hybridized carbons (Fsp3) is 0.533. The Morgan fingerprint density at radius 2 is 2.05 bits per heavy atom. The first-order valence-electron chi connectivity index (χ1n) is 6.75. The lowest BCUT2D eigenvalue weighted by Gasteiger charge is -2.21. The van der Waals surface area contributed by atoms with Gasteiger partial charge >= 0.3 is 0 Å². The summed E-state index contributed by atoms with van der Waals surface area (Å²) in [5.41, 5.74) is 0.680. The van der Waals surface area contributed by atoms with E-state index in [4.69, 9.17) is 0 Å². The molecule has 0 saturated carbocycles. The normalized spacial score (nSPS) is 16.6. The van der Waals surface area contributed by atoms with E-state index in [9.17, 15) is 9.18 Å². The van der Waals surface area contributed by atoms with Crippen molar-refractivity contribution in [2.45, 2.75) is 38.8 Å². The lowest BCUT2D eigenvalue weighted by molar-refractivity contribution is -0.110. The second-order valence-corrected chi connectivity index (χ2v) is 5.75. The van der Waals surface area contributed by atoms with Gasteiger partial charge in [-0.3, -0.25) is 4.90 Å². The minimum Gasteiger partial charge on any atom is -0.373 e. The van der Waals surface area contributed by atoms with Gasteiger partial charge in [0.1, 0.15) is 12.1 Å². The summed E-state index contributed by atoms with van der Waals surface area (Å²) in [7, 11) is 0. The molecule has 1 heterocycles. The van der Waals surface area contributed by atoms with Gasteiger partial charge in [0.25, 0.3) is 0 Å². The van der Waals surface area contributed by atoms with Gasteiger partial charge in [-0.2, -0.15) is 0 Å². The summed E-state index contributed by atoms with van der Waals surface area (Å²) in [4.78, 5) is 13.1. The van der Waals surface area contributed by atoms with E-state index in [0.29, 0.717) is 12.2 Å². The van der Waals surface area contributed by atoms with E-state index in [-0.39, 0.29) is 5.82 Å². The molecule has 4 heteroatoms. The highest BCUT2D eigenvalue weighted by molar-refractivity contribution is 5.69. The Morgan fingerprint density at radius 3 is 2.63 bits per heavy atom. The summed E-state index contributed by atoms with van der Waals surface area (Å²) < 4.78 is 14.0. The topological polar surface area (TPSA) is 32.3 Å². The van der Waals surface area contributed by atoms with Crippen LogP contribution in [-0.4, -0.2) is 29.8 Å². The number of likely N-dealkylation sites (tertiary alicyclic amines) is 1. The molecule has 0 amide bonds. The van der Waals surface area contributed by atoms with Gasteiger partial charge in [-0.15, -0.1) is 0 Å². The van der Waals surface area contributed by atoms with E-state index in [0.717, 1.165) is 24.9 Å². The Kier molecular flexibility index (Phi) is 4.20. The Balaban J connectivity index is 2.06. The van der Waals surface area contributed by atoms with E-state index in [1.165, 1.54) is 18.9 Å². The Labute approximate surface area is 113 Å². The van der Waals surface area contributed by atoms with Crippen LogP contribution in [0.15, 0.2) is 18.2 Å². The second-order valence-electron chi connectivity index (χ2n) is 5.75. The number of carbonyl (C=O) groups is 1. The van der Waals surface area contributed by atoms with Crippen LogP contribution in [0, 0.1) is 5.82 Å². The monoisotopic (exact) mass is 264 g/mol. The van der Waals surface area contributed by atoms with Crippen molar-refractivity contribution in [3.05, 3.63) is 29.6 Å². The molecule has 1 aliphatic rings. The fourth-order valence-electron chi connectivity index (χ4n) is 2.34. The number of anilines is 1. The number of hydrogen-bond acceptors (Lipinski definition) is 3. The number of benzene rings is 1. The van der Waals surface area contributed by atoms with Crippen LogP contribution < -0.4 is 5.32 Å². The van der Waals surface area contributed by atoms with E-state index in [1.807, 2.05) is 6.07 Å². The number of nitrogens with one attached hydrogen (secondary N) is 1. The van der Waals surface area contributed by atoms with Gasteiger partial charge in [0, 0.05) is 17.8 Å². The molecule has 1 fully saturated rings. The summed E-state index contributed by atoms with van der Waals surface area (Å²) in [6.07, 6.45) is 3.23. The Hall–Kier alpha value is -1.42. The van der Waals surface area contributed by atoms with E-state index < -0.39 is 5.54 Å². The molecule has 1 N–H and O–H groups in total. The molecule has 0 aliphatic carbocycles. The molecule has 0 atom stereocenters. The average molecular weight is 264 g/mol. The van der Waals surface area contributed by atoms with Gasteiger partial charge in [0.15, 0.2) is 0 Å². The van der Waals surface area contributed by atoms with E-state index in [1.54, 1.807) is 19.9 Å². The minimum atomic E-state index is -0.678. The summed E-state index contributed by atoms with van der Waals surface area (Å²) in [5, 5.41) is 3.01. The summed E-state index contributed by atoms with van der Waals surface area (Å²) in [6, 6.07) is 5.10. The second kappa shape index (κ2) is 5.70. The van der Waals surface area contributed by atoms with Crippen LogP contribution in [0.25, 0.3) is 0 Å². The molecule has 1 saturated heterocycles. The number of halogens is 1. The van der Waals surface area contributed by atoms with Crippen LogP contribution in [0.2, 0.25) is 0 Å². The Morgan fingerprint density at radius 1 is 1.37 bits per heavy atom. The third-order valence-corrected chi connectivity index (χ3v) is 3.41. The number of hydrogen-bond donors (Lipinski definition) is 1. The van der Waals surface area contributed by atoms with Crippen molar-refractivity contribution >= 4 is 12.0 Å². The summed E-state index contributed by atoms with van der Waals surface area (Å²) >= 11 is 0. The smallest absolute Gasteiger partial charge is 0.144 e. The molecular weight excluding hydrogens is 243 g/mol. The van der Waals surface area contributed by atoms with Gasteiger partial charge in [-0.1, -0.05) is 6.07 Å². The molecule has 3 nitrogen and oxygen atoms in total. The molecule has 0 bridgehead atoms. The quantitative estimate of drug-likeness (QED) is 0.830. The van der Waals surface area contributed by atoms with Crippen molar-refractivity contribution in [2.24, 2.45) is 0 Å². The molecule has 1 aromatic carbocycles. The van der Waals surface area contributed by atoms with Crippen LogP contribution in [-0.2, 0) is 11.3 Å². The third kappa shape index (κ3) is 3.77. The van der Waals surface area contributed by atoms with Crippen molar-refractivity contribution in [1.29, 1.82) is 0 Å². The van der Waals surface area contributed by atoms with Crippen molar-refractivity contribution < 1.29 is 9.18 Å². The summed E-state index contributed by atoms with van der Waals surface area (Å²) in [5.74, 6) is -0.210.